The molecule has 2 heterocycles. The van der Waals surface area contributed by atoms with Crippen LogP contribution < -0.4 is 4.74 Å². The van der Waals surface area contributed by atoms with E-state index >= 15 is 0 Å². The molecule has 0 amide bonds. The standard InChI is InChI=1S/C19H27N3O2/c1-19(2,3)22-12-15(11-21-9-8-16(23)13-21)18(20-22)14-6-5-7-17(10-14)24-4/h5-7,10,12,16,23H,8-9,11,13H2,1-4H3/t16-/m1/s1. The molecule has 1 N–H and O–H groups in total. The van der Waals surface area contributed by atoms with Crippen LogP contribution in [0.4, 0.5) is 0 Å². The Bertz CT molecular complexity index is 703. The van der Waals surface area contributed by atoms with E-state index in [0.29, 0.717) is 0 Å². The van der Waals surface area contributed by atoms with Gasteiger partial charge in [-0.15, -0.1) is 0 Å². The van der Waals surface area contributed by atoms with E-state index in [0.717, 1.165) is 43.1 Å². The minimum atomic E-state index is -0.206. The van der Waals surface area contributed by atoms with Gasteiger partial charge in [-0.05, 0) is 39.3 Å². The summed E-state index contributed by atoms with van der Waals surface area (Å²) >= 11 is 0. The van der Waals surface area contributed by atoms with Gasteiger partial charge < -0.3 is 9.84 Å². The zero-order valence-electron chi connectivity index (χ0n) is 15.0. The summed E-state index contributed by atoms with van der Waals surface area (Å²) in [5.74, 6) is 0.834. The number of aliphatic hydroxyl groups is 1. The van der Waals surface area contributed by atoms with Crippen molar-refractivity contribution in [3.8, 4) is 17.0 Å². The zero-order valence-corrected chi connectivity index (χ0v) is 15.0. The van der Waals surface area contributed by atoms with Crippen molar-refractivity contribution in [1.29, 1.82) is 0 Å². The number of nitrogens with zero attached hydrogens (tertiary/aromatic N) is 3. The van der Waals surface area contributed by atoms with Gasteiger partial charge in [0.25, 0.3) is 0 Å². The van der Waals surface area contributed by atoms with E-state index in [1.807, 2.05) is 22.9 Å². The molecule has 0 aliphatic carbocycles. The van der Waals surface area contributed by atoms with Gasteiger partial charge in [-0.25, -0.2) is 0 Å². The molecule has 0 saturated carbocycles. The molecule has 1 aromatic heterocycles. The third-order valence-corrected chi connectivity index (χ3v) is 4.46. The van der Waals surface area contributed by atoms with Crippen molar-refractivity contribution >= 4 is 0 Å². The lowest BCUT2D eigenvalue weighted by Gasteiger charge is -2.19. The van der Waals surface area contributed by atoms with Crippen LogP contribution in [-0.2, 0) is 12.1 Å². The smallest absolute Gasteiger partial charge is 0.119 e. The second-order valence-electron chi connectivity index (χ2n) is 7.53. The maximum atomic E-state index is 9.79. The maximum Gasteiger partial charge on any atom is 0.119 e. The van der Waals surface area contributed by atoms with Gasteiger partial charge in [0, 0.05) is 37.0 Å². The van der Waals surface area contributed by atoms with E-state index in [1.165, 1.54) is 5.56 Å². The van der Waals surface area contributed by atoms with Crippen LogP contribution in [-0.4, -0.2) is 46.1 Å². The Hall–Kier alpha value is -1.85. The molecule has 0 radical (unpaired) electrons. The second kappa shape index (κ2) is 6.57. The largest absolute Gasteiger partial charge is 0.497 e. The van der Waals surface area contributed by atoms with Crippen LogP contribution in [0, 0.1) is 0 Å². The van der Waals surface area contributed by atoms with Gasteiger partial charge in [0.05, 0.1) is 24.4 Å². The lowest BCUT2D eigenvalue weighted by molar-refractivity contribution is 0.175. The zero-order chi connectivity index (χ0) is 17.3. The topological polar surface area (TPSA) is 50.5 Å². The fourth-order valence-electron chi connectivity index (χ4n) is 3.08. The monoisotopic (exact) mass is 329 g/mol. The van der Waals surface area contributed by atoms with Crippen molar-refractivity contribution in [1.82, 2.24) is 14.7 Å². The van der Waals surface area contributed by atoms with Crippen LogP contribution in [0.5, 0.6) is 5.75 Å². The first-order chi connectivity index (χ1) is 11.4. The molecule has 1 atom stereocenters. The van der Waals surface area contributed by atoms with Gasteiger partial charge in [-0.2, -0.15) is 5.10 Å². The molecule has 1 saturated heterocycles. The molecule has 2 aromatic rings. The van der Waals surface area contributed by atoms with E-state index in [-0.39, 0.29) is 11.6 Å². The summed E-state index contributed by atoms with van der Waals surface area (Å²) in [6.07, 6.45) is 2.78. The van der Waals surface area contributed by atoms with E-state index < -0.39 is 0 Å². The summed E-state index contributed by atoms with van der Waals surface area (Å²) in [6.45, 7) is 8.92. The highest BCUT2D eigenvalue weighted by Gasteiger charge is 2.24. The van der Waals surface area contributed by atoms with Crippen molar-refractivity contribution in [3.05, 3.63) is 36.0 Å². The molecular formula is C19H27N3O2. The molecule has 130 valence electrons. The van der Waals surface area contributed by atoms with Gasteiger partial charge in [0.1, 0.15) is 5.75 Å². The molecule has 1 aliphatic rings. The highest BCUT2D eigenvalue weighted by atomic mass is 16.5. The van der Waals surface area contributed by atoms with Crippen LogP contribution in [0.25, 0.3) is 11.3 Å². The third kappa shape index (κ3) is 3.62. The van der Waals surface area contributed by atoms with Crippen LogP contribution in [0.2, 0.25) is 0 Å². The average Bonchev–Trinajstić information content (AvgIpc) is 3.14. The number of hydrogen-bond donors (Lipinski definition) is 1. The van der Waals surface area contributed by atoms with Gasteiger partial charge in [0.2, 0.25) is 0 Å². The summed E-state index contributed by atoms with van der Waals surface area (Å²) in [4.78, 5) is 2.29. The number of rotatable bonds is 4. The summed E-state index contributed by atoms with van der Waals surface area (Å²) < 4.78 is 7.39. The Balaban J connectivity index is 1.97. The predicted molar refractivity (Wildman–Crippen MR) is 95.1 cm³/mol. The summed E-state index contributed by atoms with van der Waals surface area (Å²) in [6, 6.07) is 8.03. The highest BCUT2D eigenvalue weighted by Crippen LogP contribution is 2.29. The lowest BCUT2D eigenvalue weighted by Crippen LogP contribution is -2.23. The number of aliphatic hydroxyl groups excluding tert-OH is 1. The van der Waals surface area contributed by atoms with Crippen LogP contribution in [0.3, 0.4) is 0 Å². The van der Waals surface area contributed by atoms with Crippen molar-refractivity contribution in [2.75, 3.05) is 20.2 Å². The number of hydrogen-bond acceptors (Lipinski definition) is 4. The predicted octanol–water partition coefficient (Wildman–Crippen LogP) is 2.88. The number of aromatic nitrogens is 2. The first-order valence-corrected chi connectivity index (χ1v) is 8.50. The van der Waals surface area contributed by atoms with E-state index in [4.69, 9.17) is 9.84 Å². The summed E-state index contributed by atoms with van der Waals surface area (Å²) in [5, 5.41) is 14.6. The number of benzene rings is 1. The minimum Gasteiger partial charge on any atom is -0.497 e. The fourth-order valence-corrected chi connectivity index (χ4v) is 3.08. The summed E-state index contributed by atoms with van der Waals surface area (Å²) in [5.41, 5.74) is 3.17. The Morgan fingerprint density at radius 1 is 1.33 bits per heavy atom. The molecule has 1 fully saturated rings. The maximum absolute atomic E-state index is 9.79. The fraction of sp³-hybridized carbons (Fsp3) is 0.526. The van der Waals surface area contributed by atoms with E-state index in [1.54, 1.807) is 7.11 Å². The second-order valence-corrected chi connectivity index (χ2v) is 7.53. The van der Waals surface area contributed by atoms with Crippen molar-refractivity contribution in [2.45, 2.75) is 45.4 Å². The molecule has 5 nitrogen and oxygen atoms in total. The lowest BCUT2D eigenvalue weighted by atomic mass is 10.1. The quantitative estimate of drug-likeness (QED) is 0.937. The number of ether oxygens (including phenoxy) is 1. The van der Waals surface area contributed by atoms with Gasteiger partial charge in [0.15, 0.2) is 0 Å². The molecular weight excluding hydrogens is 302 g/mol. The van der Waals surface area contributed by atoms with Crippen molar-refractivity contribution in [3.63, 3.8) is 0 Å². The van der Waals surface area contributed by atoms with Crippen molar-refractivity contribution in [2.24, 2.45) is 0 Å². The third-order valence-electron chi connectivity index (χ3n) is 4.46. The normalized spacial score (nSPS) is 19.0. The first kappa shape index (κ1) is 17.0. The van der Waals surface area contributed by atoms with E-state index in [9.17, 15) is 5.11 Å². The molecule has 3 rings (SSSR count). The van der Waals surface area contributed by atoms with Crippen LogP contribution in [0.15, 0.2) is 30.5 Å². The first-order valence-electron chi connectivity index (χ1n) is 8.50. The molecule has 5 heteroatoms. The molecule has 1 aromatic carbocycles. The van der Waals surface area contributed by atoms with Crippen molar-refractivity contribution < 1.29 is 9.84 Å². The molecule has 0 bridgehead atoms. The average molecular weight is 329 g/mol. The number of likely N-dealkylation sites (tertiary alicyclic amines) is 1. The van der Waals surface area contributed by atoms with Gasteiger partial charge >= 0.3 is 0 Å². The SMILES string of the molecule is COc1cccc(-c2nn(C(C)(C)C)cc2CN2CC[C@@H](O)C2)c1. The van der Waals surface area contributed by atoms with Gasteiger partial charge in [-0.1, -0.05) is 12.1 Å². The Labute approximate surface area is 143 Å². The van der Waals surface area contributed by atoms with Crippen LogP contribution in [0.1, 0.15) is 32.8 Å². The molecule has 1 aliphatic heterocycles. The van der Waals surface area contributed by atoms with E-state index in [2.05, 4.69) is 37.9 Å². The minimum absolute atomic E-state index is 0.0730. The van der Waals surface area contributed by atoms with Gasteiger partial charge in [-0.3, -0.25) is 9.58 Å². The molecule has 0 spiro atoms. The number of β-amino-alcohol motifs (C(OH)–C–C–N with tert-alkyl or cyclic N) is 1. The Morgan fingerprint density at radius 3 is 2.75 bits per heavy atom. The molecule has 0 unspecified atom stereocenters. The Kier molecular flexibility index (Phi) is 4.65. The molecule has 24 heavy (non-hydrogen) atoms. The summed E-state index contributed by atoms with van der Waals surface area (Å²) in [7, 11) is 1.68. The van der Waals surface area contributed by atoms with Crippen LogP contribution >= 0.6 is 0 Å². The highest BCUT2D eigenvalue weighted by molar-refractivity contribution is 5.64. The number of methoxy groups -OCH3 is 1. The Morgan fingerprint density at radius 2 is 2.12 bits per heavy atom.